The fourth-order valence-electron chi connectivity index (χ4n) is 3.04. The van der Waals surface area contributed by atoms with Crippen molar-refractivity contribution >= 4 is 6.03 Å². The van der Waals surface area contributed by atoms with Crippen LogP contribution in [0.1, 0.15) is 33.0 Å². The SMILES string of the molecule is Cn1ccnc1CN(CCO)C(=O)NCC1CCN(C(C)(C)C)C1. The van der Waals surface area contributed by atoms with Crippen LogP contribution in [-0.2, 0) is 13.6 Å². The van der Waals surface area contributed by atoms with Gasteiger partial charge < -0.3 is 19.9 Å². The minimum absolute atomic E-state index is 0.0565. The lowest BCUT2D eigenvalue weighted by molar-refractivity contribution is 0.163. The van der Waals surface area contributed by atoms with Crippen LogP contribution in [0.4, 0.5) is 4.79 Å². The lowest BCUT2D eigenvalue weighted by Crippen LogP contribution is -2.44. The third-order valence-electron chi connectivity index (χ3n) is 4.69. The summed E-state index contributed by atoms with van der Waals surface area (Å²) in [6, 6.07) is -0.138. The number of nitrogens with one attached hydrogen (secondary N) is 1. The van der Waals surface area contributed by atoms with Crippen molar-refractivity contribution in [2.75, 3.05) is 32.8 Å². The van der Waals surface area contributed by atoms with Crippen molar-refractivity contribution in [1.82, 2.24) is 24.7 Å². The van der Waals surface area contributed by atoms with Gasteiger partial charge in [0, 0.05) is 44.6 Å². The molecule has 1 fully saturated rings. The zero-order valence-electron chi connectivity index (χ0n) is 15.3. The molecule has 7 nitrogen and oxygen atoms in total. The first-order valence-corrected chi connectivity index (χ1v) is 8.66. The van der Waals surface area contributed by atoms with Crippen LogP contribution < -0.4 is 5.32 Å². The molecule has 2 N–H and O–H groups in total. The molecule has 0 spiro atoms. The minimum Gasteiger partial charge on any atom is -0.395 e. The number of carbonyl (C=O) groups excluding carboxylic acids is 1. The van der Waals surface area contributed by atoms with E-state index in [9.17, 15) is 9.90 Å². The third kappa shape index (κ3) is 4.95. The van der Waals surface area contributed by atoms with Gasteiger partial charge in [0.05, 0.1) is 13.2 Å². The normalized spacial score (nSPS) is 18.8. The molecule has 1 atom stereocenters. The lowest BCUT2D eigenvalue weighted by atomic mass is 10.1. The van der Waals surface area contributed by atoms with Crippen LogP contribution in [0, 0.1) is 5.92 Å². The maximum absolute atomic E-state index is 12.5. The number of rotatable bonds is 6. The van der Waals surface area contributed by atoms with E-state index in [0.29, 0.717) is 25.6 Å². The van der Waals surface area contributed by atoms with Crippen molar-refractivity contribution in [3.05, 3.63) is 18.2 Å². The molecule has 0 aromatic carbocycles. The van der Waals surface area contributed by atoms with Crippen molar-refractivity contribution in [1.29, 1.82) is 0 Å². The fraction of sp³-hybridized carbons (Fsp3) is 0.765. The summed E-state index contributed by atoms with van der Waals surface area (Å²) in [6.07, 6.45) is 4.67. The maximum Gasteiger partial charge on any atom is 0.317 e. The quantitative estimate of drug-likeness (QED) is 0.814. The number of hydrogen-bond acceptors (Lipinski definition) is 4. The summed E-state index contributed by atoms with van der Waals surface area (Å²) < 4.78 is 1.88. The average molecular weight is 337 g/mol. The fourth-order valence-corrected chi connectivity index (χ4v) is 3.04. The van der Waals surface area contributed by atoms with Crippen molar-refractivity contribution < 1.29 is 9.90 Å². The number of imidazole rings is 1. The summed E-state index contributed by atoms with van der Waals surface area (Å²) in [5.41, 5.74) is 0.180. The molecule has 0 saturated carbocycles. The first-order valence-electron chi connectivity index (χ1n) is 8.66. The van der Waals surface area contributed by atoms with Crippen LogP contribution in [0.25, 0.3) is 0 Å². The lowest BCUT2D eigenvalue weighted by Gasteiger charge is -2.31. The van der Waals surface area contributed by atoms with E-state index in [0.717, 1.165) is 25.3 Å². The van der Waals surface area contributed by atoms with Gasteiger partial charge in [-0.25, -0.2) is 9.78 Å². The van der Waals surface area contributed by atoms with Gasteiger partial charge in [0.25, 0.3) is 0 Å². The van der Waals surface area contributed by atoms with Gasteiger partial charge in [0.15, 0.2) is 0 Å². The van der Waals surface area contributed by atoms with Crippen LogP contribution in [0.2, 0.25) is 0 Å². The first kappa shape index (κ1) is 18.7. The Morgan fingerprint density at radius 1 is 1.50 bits per heavy atom. The van der Waals surface area contributed by atoms with E-state index in [1.54, 1.807) is 11.1 Å². The Balaban J connectivity index is 1.84. The molecule has 24 heavy (non-hydrogen) atoms. The zero-order valence-corrected chi connectivity index (χ0v) is 15.3. The van der Waals surface area contributed by atoms with E-state index < -0.39 is 0 Å². The summed E-state index contributed by atoms with van der Waals surface area (Å²) in [4.78, 5) is 20.8. The molecule has 136 valence electrons. The third-order valence-corrected chi connectivity index (χ3v) is 4.69. The van der Waals surface area contributed by atoms with Crippen LogP contribution >= 0.6 is 0 Å². The second kappa shape index (κ2) is 7.98. The highest BCUT2D eigenvalue weighted by atomic mass is 16.3. The zero-order chi connectivity index (χ0) is 17.7. The number of likely N-dealkylation sites (tertiary alicyclic amines) is 1. The molecule has 1 aliphatic rings. The standard InChI is InChI=1S/C17H31N5O2/c1-17(2,3)22-7-5-14(12-22)11-19-16(24)21(9-10-23)13-15-18-6-8-20(15)4/h6,8,14,23H,5,7,9-13H2,1-4H3,(H,19,24). The summed E-state index contributed by atoms with van der Waals surface area (Å²) in [5, 5.41) is 12.3. The van der Waals surface area contributed by atoms with E-state index in [2.05, 4.69) is 36.0 Å². The monoisotopic (exact) mass is 337 g/mol. The highest BCUT2D eigenvalue weighted by Gasteiger charge is 2.30. The number of nitrogens with zero attached hydrogens (tertiary/aromatic N) is 4. The Kier molecular flexibility index (Phi) is 6.23. The molecule has 0 aliphatic carbocycles. The Morgan fingerprint density at radius 2 is 2.25 bits per heavy atom. The number of carbonyl (C=O) groups is 1. The van der Waals surface area contributed by atoms with Crippen molar-refractivity contribution in [3.8, 4) is 0 Å². The van der Waals surface area contributed by atoms with E-state index in [1.807, 2.05) is 17.8 Å². The summed E-state index contributed by atoms with van der Waals surface area (Å²) in [5.74, 6) is 1.29. The van der Waals surface area contributed by atoms with Gasteiger partial charge >= 0.3 is 6.03 Å². The second-order valence-corrected chi connectivity index (χ2v) is 7.56. The van der Waals surface area contributed by atoms with E-state index in [4.69, 9.17) is 0 Å². The summed E-state index contributed by atoms with van der Waals surface area (Å²) in [7, 11) is 1.90. The molecule has 0 radical (unpaired) electrons. The number of amides is 2. The predicted octanol–water partition coefficient (Wildman–Crippen LogP) is 1.04. The maximum atomic E-state index is 12.5. The van der Waals surface area contributed by atoms with Gasteiger partial charge in [0.1, 0.15) is 5.82 Å². The molecule has 2 amide bonds. The van der Waals surface area contributed by atoms with E-state index in [1.165, 1.54) is 0 Å². The predicted molar refractivity (Wildman–Crippen MR) is 93.5 cm³/mol. The van der Waals surface area contributed by atoms with Crippen LogP contribution in [0.15, 0.2) is 12.4 Å². The number of hydrogen-bond donors (Lipinski definition) is 2. The van der Waals surface area contributed by atoms with Crippen LogP contribution in [0.5, 0.6) is 0 Å². The number of aliphatic hydroxyl groups is 1. The highest BCUT2D eigenvalue weighted by molar-refractivity contribution is 5.74. The minimum atomic E-state index is -0.138. The molecule has 1 aromatic rings. The number of aromatic nitrogens is 2. The topological polar surface area (TPSA) is 73.6 Å². The van der Waals surface area contributed by atoms with Gasteiger partial charge in [-0.1, -0.05) is 0 Å². The molecule has 2 heterocycles. The van der Waals surface area contributed by atoms with Gasteiger partial charge in [0.2, 0.25) is 0 Å². The van der Waals surface area contributed by atoms with Crippen molar-refractivity contribution in [3.63, 3.8) is 0 Å². The summed E-state index contributed by atoms with van der Waals surface area (Å²) >= 11 is 0. The van der Waals surface area contributed by atoms with Gasteiger partial charge in [-0.15, -0.1) is 0 Å². The number of aliphatic hydroxyl groups excluding tert-OH is 1. The smallest absolute Gasteiger partial charge is 0.317 e. The molecule has 1 aromatic heterocycles. The Hall–Kier alpha value is -1.60. The van der Waals surface area contributed by atoms with Gasteiger partial charge in [-0.2, -0.15) is 0 Å². The molecule has 1 aliphatic heterocycles. The first-order chi connectivity index (χ1) is 11.3. The second-order valence-electron chi connectivity index (χ2n) is 7.56. The molecule has 1 unspecified atom stereocenters. The molecule has 0 bridgehead atoms. The van der Waals surface area contributed by atoms with Crippen LogP contribution in [-0.4, -0.2) is 68.8 Å². The molecule has 1 saturated heterocycles. The number of aryl methyl sites for hydroxylation is 1. The van der Waals surface area contributed by atoms with Crippen molar-refractivity contribution in [2.24, 2.45) is 13.0 Å². The largest absolute Gasteiger partial charge is 0.395 e. The Bertz CT molecular complexity index is 537. The van der Waals surface area contributed by atoms with E-state index >= 15 is 0 Å². The summed E-state index contributed by atoms with van der Waals surface area (Å²) in [6.45, 7) is 10.1. The van der Waals surface area contributed by atoms with E-state index in [-0.39, 0.29) is 18.2 Å². The molecule has 7 heteroatoms. The molecule has 2 rings (SSSR count). The average Bonchev–Trinajstić information content (AvgIpc) is 3.13. The van der Waals surface area contributed by atoms with Crippen LogP contribution in [0.3, 0.4) is 0 Å². The Labute approximate surface area is 144 Å². The number of urea groups is 1. The molecular formula is C17H31N5O2. The van der Waals surface area contributed by atoms with Gasteiger partial charge in [-0.3, -0.25) is 4.90 Å². The highest BCUT2D eigenvalue weighted by Crippen LogP contribution is 2.23. The van der Waals surface area contributed by atoms with Crippen molar-refractivity contribution in [2.45, 2.75) is 39.3 Å². The molecular weight excluding hydrogens is 306 g/mol. The Morgan fingerprint density at radius 3 is 2.79 bits per heavy atom. The van der Waals surface area contributed by atoms with Gasteiger partial charge in [-0.05, 0) is 39.7 Å².